The molecule has 8 N–H and O–H groups in total. The first-order valence-corrected chi connectivity index (χ1v) is 20.6. The monoisotopic (exact) mass is 780 g/mol. The minimum Gasteiger partial charge on any atom is -0.432 e. The number of aliphatic hydroxyl groups is 8. The first-order chi connectivity index (χ1) is 26.0. The highest BCUT2D eigenvalue weighted by molar-refractivity contribution is 5.73. The average molecular weight is 781 g/mol. The number of aliphatic hydroxyl groups excluding tert-OH is 8. The molecule has 0 aromatic heterocycles. The van der Waals surface area contributed by atoms with E-state index in [9.17, 15) is 45.6 Å². The van der Waals surface area contributed by atoms with Crippen LogP contribution in [0.25, 0.3) is 0 Å². The lowest BCUT2D eigenvalue weighted by Gasteiger charge is -2.54. The van der Waals surface area contributed by atoms with Crippen molar-refractivity contribution in [2.24, 2.45) is 40.4 Å². The van der Waals surface area contributed by atoms with Gasteiger partial charge in [-0.1, -0.05) is 39.8 Å². The highest BCUT2D eigenvalue weighted by Gasteiger charge is 2.60. The largest absolute Gasteiger partial charge is 0.432 e. The fourth-order valence-electron chi connectivity index (χ4n) is 11.7. The molecule has 55 heavy (non-hydrogen) atoms. The van der Waals surface area contributed by atoms with Crippen LogP contribution in [0, 0.1) is 40.4 Å². The lowest BCUT2D eigenvalue weighted by atomic mass is 9.51. The van der Waals surface area contributed by atoms with Gasteiger partial charge in [-0.2, -0.15) is 0 Å². The van der Waals surface area contributed by atoms with Crippen LogP contribution in [0.3, 0.4) is 0 Å². The molecule has 4 aliphatic carbocycles. The highest BCUT2D eigenvalue weighted by Crippen LogP contribution is 2.65. The summed E-state index contributed by atoms with van der Waals surface area (Å²) < 4.78 is 29.5. The Kier molecular flexibility index (Phi) is 11.8. The maximum Gasteiger partial charge on any atom is 0.311 e. The summed E-state index contributed by atoms with van der Waals surface area (Å²) >= 11 is 0. The van der Waals surface area contributed by atoms with E-state index in [0.29, 0.717) is 19.3 Å². The number of allylic oxidation sites excluding steroid dienone is 4. The van der Waals surface area contributed by atoms with Gasteiger partial charge in [0, 0.05) is 0 Å². The zero-order valence-corrected chi connectivity index (χ0v) is 32.8. The summed E-state index contributed by atoms with van der Waals surface area (Å²) in [5, 5.41) is 82.0. The van der Waals surface area contributed by atoms with E-state index >= 15 is 0 Å². The molecule has 7 aliphatic rings. The van der Waals surface area contributed by atoms with Crippen LogP contribution < -0.4 is 0 Å². The van der Waals surface area contributed by atoms with Crippen LogP contribution in [0.5, 0.6) is 0 Å². The van der Waals surface area contributed by atoms with Gasteiger partial charge in [-0.25, -0.2) is 0 Å². The fraction of sp³-hybridized carbons (Fsp3) is 0.878. The van der Waals surface area contributed by atoms with E-state index in [1.807, 2.05) is 0 Å². The maximum atomic E-state index is 14.4. The number of rotatable bonds is 11. The van der Waals surface area contributed by atoms with Crippen LogP contribution in [0.15, 0.2) is 23.3 Å². The molecule has 14 nitrogen and oxygen atoms in total. The first kappa shape index (κ1) is 41.6. The molecule has 0 bridgehead atoms. The molecule has 3 aliphatic heterocycles. The van der Waals surface area contributed by atoms with E-state index in [1.54, 1.807) is 0 Å². The lowest BCUT2D eigenvalue weighted by Crippen LogP contribution is -2.60. The Morgan fingerprint density at radius 3 is 2.09 bits per heavy atom. The normalized spacial score (nSPS) is 50.0. The molecule has 19 atom stereocenters. The topological polar surface area (TPSA) is 228 Å². The predicted octanol–water partition coefficient (Wildman–Crippen LogP) is 1.22. The molecule has 0 aromatic rings. The van der Waals surface area contributed by atoms with Gasteiger partial charge in [0.15, 0.2) is 6.29 Å². The highest BCUT2D eigenvalue weighted by atomic mass is 16.7. The van der Waals surface area contributed by atoms with Gasteiger partial charge in [-0.05, 0) is 110 Å². The van der Waals surface area contributed by atoms with Gasteiger partial charge in [0.1, 0.15) is 48.8 Å². The van der Waals surface area contributed by atoms with Gasteiger partial charge in [-0.3, -0.25) is 4.79 Å². The van der Waals surface area contributed by atoms with E-state index in [2.05, 4.69) is 46.8 Å². The molecule has 312 valence electrons. The average Bonchev–Trinajstić information content (AvgIpc) is 3.70. The number of hydrogen-bond acceptors (Lipinski definition) is 14. The van der Waals surface area contributed by atoms with Crippen LogP contribution in [0.2, 0.25) is 0 Å². The van der Waals surface area contributed by atoms with Crippen molar-refractivity contribution < 1.29 is 69.3 Å². The van der Waals surface area contributed by atoms with E-state index in [1.165, 1.54) is 11.1 Å². The minimum absolute atomic E-state index is 0.0555. The van der Waals surface area contributed by atoms with Gasteiger partial charge in [0.05, 0.1) is 36.9 Å². The van der Waals surface area contributed by atoms with Gasteiger partial charge in [0.25, 0.3) is 0 Å². The van der Waals surface area contributed by atoms with Crippen LogP contribution in [0.4, 0.5) is 0 Å². The molecular formula is C41H64O14. The third-order valence-electron chi connectivity index (χ3n) is 15.4. The number of ether oxygens (including phenoxy) is 5. The Bertz CT molecular complexity index is 1470. The Hall–Kier alpha value is -1.53. The second-order valence-corrected chi connectivity index (χ2v) is 18.5. The Morgan fingerprint density at radius 2 is 1.49 bits per heavy atom. The predicted molar refractivity (Wildman–Crippen MR) is 195 cm³/mol. The standard InChI is InChI=1S/C41H64O14/c1-19(2)41(20(3)55-41)15-11-24(36(50)54-38-35(49)33(47)31(45)29(18-43)53-38)26-9-8-25-23-7-6-21-16-22(10-13-39(21,4)27(23)12-14-40(25,26)5)51-37-34(48)32(46)30(44)28(17-42)52-37/h7,12,19-22,24-26,28-35,37-38,42-49H,6,8-11,13-18H2,1-5H3. The third kappa shape index (κ3) is 7.07. The number of carbonyl (C=O) groups is 1. The van der Waals surface area contributed by atoms with Crippen LogP contribution in [0.1, 0.15) is 92.4 Å². The number of fused-ring (bicyclic) bond motifs is 5. The van der Waals surface area contributed by atoms with Crippen molar-refractivity contribution in [1.82, 2.24) is 0 Å². The summed E-state index contributed by atoms with van der Waals surface area (Å²) in [6.45, 7) is 9.80. The Balaban J connectivity index is 1.08. The van der Waals surface area contributed by atoms with Crippen molar-refractivity contribution >= 4 is 5.97 Å². The third-order valence-corrected chi connectivity index (χ3v) is 15.4. The second-order valence-electron chi connectivity index (χ2n) is 18.5. The Labute approximate surface area is 323 Å². The van der Waals surface area contributed by atoms with Crippen molar-refractivity contribution in [3.8, 4) is 0 Å². The van der Waals surface area contributed by atoms with Gasteiger partial charge in [-0.15, -0.1) is 0 Å². The van der Waals surface area contributed by atoms with Crippen LogP contribution >= 0.6 is 0 Å². The van der Waals surface area contributed by atoms with Gasteiger partial charge in [0.2, 0.25) is 6.29 Å². The quantitative estimate of drug-likeness (QED) is 0.109. The molecule has 0 aromatic carbocycles. The second kappa shape index (κ2) is 15.6. The van der Waals surface area contributed by atoms with Crippen molar-refractivity contribution in [2.75, 3.05) is 13.2 Å². The summed E-state index contributed by atoms with van der Waals surface area (Å²) in [5.41, 5.74) is 2.01. The van der Waals surface area contributed by atoms with E-state index in [0.717, 1.165) is 38.5 Å². The minimum atomic E-state index is -1.68. The smallest absolute Gasteiger partial charge is 0.311 e. The van der Waals surface area contributed by atoms with E-state index in [4.69, 9.17) is 23.7 Å². The number of epoxide rings is 1. The zero-order chi connectivity index (χ0) is 39.8. The van der Waals surface area contributed by atoms with Crippen molar-refractivity contribution in [1.29, 1.82) is 0 Å². The number of esters is 1. The number of carbonyl (C=O) groups excluding carboxylic acids is 1. The molecule has 3 heterocycles. The molecule has 19 unspecified atom stereocenters. The zero-order valence-electron chi connectivity index (χ0n) is 32.8. The first-order valence-electron chi connectivity index (χ1n) is 20.6. The van der Waals surface area contributed by atoms with Crippen molar-refractivity contribution in [3.05, 3.63) is 23.3 Å². The summed E-state index contributed by atoms with van der Waals surface area (Å²) in [5.74, 6) is -0.402. The summed E-state index contributed by atoms with van der Waals surface area (Å²) in [7, 11) is 0. The molecule has 0 spiro atoms. The van der Waals surface area contributed by atoms with Crippen molar-refractivity contribution in [3.63, 3.8) is 0 Å². The molecule has 3 saturated heterocycles. The fourth-order valence-corrected chi connectivity index (χ4v) is 11.7. The van der Waals surface area contributed by atoms with Crippen molar-refractivity contribution in [2.45, 2.75) is 172 Å². The molecular weight excluding hydrogens is 716 g/mol. The SMILES string of the molecule is CC(C)C1(CCC(C(=O)OC2OC(CO)C(O)C(O)C2O)C2CCC3C4=CCC5CC(OC6OC(CO)C(O)C(O)C6O)CCC5(C)C4=CCC32C)OC1C. The molecule has 7 rings (SSSR count). The molecule has 5 fully saturated rings. The van der Waals surface area contributed by atoms with E-state index in [-0.39, 0.29) is 52.3 Å². The Morgan fingerprint density at radius 1 is 0.873 bits per heavy atom. The van der Waals surface area contributed by atoms with Crippen LogP contribution in [-0.4, -0.2) is 139 Å². The molecule has 14 heteroatoms. The lowest BCUT2D eigenvalue weighted by molar-refractivity contribution is -0.314. The summed E-state index contributed by atoms with van der Waals surface area (Å²) in [6, 6.07) is 0. The van der Waals surface area contributed by atoms with Gasteiger partial charge < -0.3 is 64.5 Å². The maximum absolute atomic E-state index is 14.4. The molecule has 0 radical (unpaired) electrons. The molecule has 0 amide bonds. The number of hydrogen-bond donors (Lipinski definition) is 8. The summed E-state index contributed by atoms with van der Waals surface area (Å²) in [4.78, 5) is 14.4. The summed E-state index contributed by atoms with van der Waals surface area (Å²) in [6.07, 6.45) is -2.81. The molecule has 2 saturated carbocycles. The van der Waals surface area contributed by atoms with E-state index < -0.39 is 86.5 Å². The van der Waals surface area contributed by atoms with Crippen LogP contribution in [-0.2, 0) is 28.5 Å². The van der Waals surface area contributed by atoms with Gasteiger partial charge >= 0.3 is 5.97 Å².